The van der Waals surface area contributed by atoms with Gasteiger partial charge >= 0.3 is 0 Å². The van der Waals surface area contributed by atoms with Gasteiger partial charge in [-0.2, -0.15) is 0 Å². The van der Waals surface area contributed by atoms with Gasteiger partial charge in [-0.05, 0) is 36.4 Å². The summed E-state index contributed by atoms with van der Waals surface area (Å²) >= 11 is 3.43. The van der Waals surface area contributed by atoms with Gasteiger partial charge in [-0.1, -0.05) is 15.9 Å². The number of nitrogens with zero attached hydrogens (tertiary/aromatic N) is 3. The predicted octanol–water partition coefficient (Wildman–Crippen LogP) is 2.72. The number of hydrogen-bond acceptors (Lipinski definition) is 3. The lowest BCUT2D eigenvalue weighted by atomic mass is 10.3. The topological polar surface area (TPSA) is 50.9 Å². The van der Waals surface area contributed by atoms with Gasteiger partial charge in [0, 0.05) is 22.8 Å². The van der Waals surface area contributed by atoms with Crippen molar-refractivity contribution in [3.05, 3.63) is 52.9 Å². The molecule has 0 bridgehead atoms. The number of pyridine rings is 1. The Labute approximate surface area is 118 Å². The van der Waals surface area contributed by atoms with Gasteiger partial charge in [-0.15, -0.1) is 0 Å². The molecule has 2 aromatic heterocycles. The second-order valence-electron chi connectivity index (χ2n) is 4.16. The van der Waals surface area contributed by atoms with E-state index >= 15 is 0 Å². The Balaban J connectivity index is 2.24. The van der Waals surface area contributed by atoms with Crippen molar-refractivity contribution in [3.63, 3.8) is 0 Å². The Morgan fingerprint density at radius 1 is 1.16 bits per heavy atom. The number of rotatable bonds is 3. The van der Waals surface area contributed by atoms with E-state index in [2.05, 4.69) is 25.9 Å². The maximum atomic E-state index is 9.18. The predicted molar refractivity (Wildman–Crippen MR) is 77.4 cm³/mol. The van der Waals surface area contributed by atoms with Crippen molar-refractivity contribution in [3.8, 4) is 5.69 Å². The van der Waals surface area contributed by atoms with Crippen molar-refractivity contribution in [1.82, 2.24) is 14.5 Å². The van der Waals surface area contributed by atoms with Crippen LogP contribution in [0, 0.1) is 0 Å². The third-order valence-corrected chi connectivity index (χ3v) is 3.43. The standard InChI is InChI=1S/C14H12BrN3O/c15-10-3-5-11(6-4-10)18-13(7-9-19)17-12-2-1-8-16-14(12)18/h1-6,8,19H,7,9H2. The van der Waals surface area contributed by atoms with E-state index in [1.807, 2.05) is 41.0 Å². The molecule has 0 amide bonds. The first-order valence-electron chi connectivity index (χ1n) is 5.99. The highest BCUT2D eigenvalue weighted by Crippen LogP contribution is 2.21. The van der Waals surface area contributed by atoms with Crippen LogP contribution in [0.1, 0.15) is 5.82 Å². The minimum atomic E-state index is 0.0693. The monoisotopic (exact) mass is 317 g/mol. The molecular weight excluding hydrogens is 306 g/mol. The summed E-state index contributed by atoms with van der Waals surface area (Å²) < 4.78 is 3.01. The zero-order chi connectivity index (χ0) is 13.2. The summed E-state index contributed by atoms with van der Waals surface area (Å²) in [4.78, 5) is 8.92. The van der Waals surface area contributed by atoms with Crippen LogP contribution in [0.4, 0.5) is 0 Å². The van der Waals surface area contributed by atoms with Gasteiger partial charge < -0.3 is 5.11 Å². The van der Waals surface area contributed by atoms with E-state index in [4.69, 9.17) is 0 Å². The Morgan fingerprint density at radius 2 is 1.95 bits per heavy atom. The molecule has 3 aromatic rings. The SMILES string of the molecule is OCCc1nc2cccnc2n1-c1ccc(Br)cc1. The summed E-state index contributed by atoms with van der Waals surface area (Å²) in [5.41, 5.74) is 2.65. The number of fused-ring (bicyclic) bond motifs is 1. The van der Waals surface area contributed by atoms with Crippen LogP contribution in [-0.4, -0.2) is 26.2 Å². The Hall–Kier alpha value is -1.72. The summed E-state index contributed by atoms with van der Waals surface area (Å²) in [6.07, 6.45) is 2.26. The zero-order valence-electron chi connectivity index (χ0n) is 10.1. The van der Waals surface area contributed by atoms with E-state index < -0.39 is 0 Å². The van der Waals surface area contributed by atoms with E-state index in [1.165, 1.54) is 0 Å². The number of imidazole rings is 1. The third-order valence-electron chi connectivity index (χ3n) is 2.91. The maximum Gasteiger partial charge on any atom is 0.164 e. The normalized spacial score (nSPS) is 11.1. The lowest BCUT2D eigenvalue weighted by molar-refractivity contribution is 0.296. The van der Waals surface area contributed by atoms with Gasteiger partial charge in [0.25, 0.3) is 0 Å². The summed E-state index contributed by atoms with van der Waals surface area (Å²) in [7, 11) is 0. The van der Waals surface area contributed by atoms with Crippen LogP contribution >= 0.6 is 15.9 Å². The zero-order valence-corrected chi connectivity index (χ0v) is 11.7. The van der Waals surface area contributed by atoms with E-state index in [0.29, 0.717) is 6.42 Å². The molecule has 4 nitrogen and oxygen atoms in total. The van der Waals surface area contributed by atoms with Gasteiger partial charge in [0.15, 0.2) is 5.65 Å². The molecule has 0 fully saturated rings. The van der Waals surface area contributed by atoms with Crippen molar-refractivity contribution < 1.29 is 5.11 Å². The molecule has 0 saturated heterocycles. The molecule has 0 saturated carbocycles. The second-order valence-corrected chi connectivity index (χ2v) is 5.08. The van der Waals surface area contributed by atoms with Crippen LogP contribution in [0.3, 0.4) is 0 Å². The highest BCUT2D eigenvalue weighted by molar-refractivity contribution is 9.10. The fourth-order valence-corrected chi connectivity index (χ4v) is 2.35. The minimum Gasteiger partial charge on any atom is -0.396 e. The van der Waals surface area contributed by atoms with Crippen LogP contribution in [0.5, 0.6) is 0 Å². The number of aliphatic hydroxyl groups excluding tert-OH is 1. The van der Waals surface area contributed by atoms with Crippen LogP contribution < -0.4 is 0 Å². The molecule has 0 aliphatic rings. The first-order valence-corrected chi connectivity index (χ1v) is 6.78. The molecule has 0 aliphatic heterocycles. The van der Waals surface area contributed by atoms with Crippen molar-refractivity contribution in [1.29, 1.82) is 0 Å². The molecule has 0 radical (unpaired) electrons. The van der Waals surface area contributed by atoms with Crippen LogP contribution in [-0.2, 0) is 6.42 Å². The Kier molecular flexibility index (Phi) is 3.31. The van der Waals surface area contributed by atoms with E-state index in [1.54, 1.807) is 6.20 Å². The van der Waals surface area contributed by atoms with Crippen molar-refractivity contribution in [2.75, 3.05) is 6.61 Å². The molecule has 1 N–H and O–H groups in total. The van der Waals surface area contributed by atoms with E-state index in [0.717, 1.165) is 27.1 Å². The summed E-state index contributed by atoms with van der Waals surface area (Å²) in [6.45, 7) is 0.0693. The van der Waals surface area contributed by atoms with Crippen molar-refractivity contribution >= 4 is 27.1 Å². The third kappa shape index (κ3) is 2.27. The molecule has 96 valence electrons. The number of aliphatic hydroxyl groups is 1. The fourth-order valence-electron chi connectivity index (χ4n) is 2.09. The van der Waals surface area contributed by atoms with Gasteiger partial charge in [-0.25, -0.2) is 9.97 Å². The first kappa shape index (κ1) is 12.3. The molecule has 19 heavy (non-hydrogen) atoms. The summed E-state index contributed by atoms with van der Waals surface area (Å²) in [5.74, 6) is 0.818. The van der Waals surface area contributed by atoms with Crippen LogP contribution in [0.2, 0.25) is 0 Å². The van der Waals surface area contributed by atoms with E-state index in [-0.39, 0.29) is 6.61 Å². The number of hydrogen-bond donors (Lipinski definition) is 1. The number of halogens is 1. The minimum absolute atomic E-state index is 0.0693. The van der Waals surface area contributed by atoms with Gasteiger partial charge in [0.05, 0.1) is 6.61 Å². The maximum absolute atomic E-state index is 9.18. The quantitative estimate of drug-likeness (QED) is 0.808. The van der Waals surface area contributed by atoms with Gasteiger partial charge in [0.2, 0.25) is 0 Å². The highest BCUT2D eigenvalue weighted by atomic mass is 79.9. The largest absolute Gasteiger partial charge is 0.396 e. The molecule has 0 atom stereocenters. The lowest BCUT2D eigenvalue weighted by Gasteiger charge is -2.07. The average Bonchev–Trinajstić information content (AvgIpc) is 2.78. The van der Waals surface area contributed by atoms with Crippen LogP contribution in [0.25, 0.3) is 16.9 Å². The van der Waals surface area contributed by atoms with Gasteiger partial charge in [-0.3, -0.25) is 4.57 Å². The molecule has 2 heterocycles. The van der Waals surface area contributed by atoms with Gasteiger partial charge in [0.1, 0.15) is 11.3 Å². The Bertz CT molecular complexity index is 706. The lowest BCUT2D eigenvalue weighted by Crippen LogP contribution is -2.04. The molecule has 5 heteroatoms. The fraction of sp³-hybridized carbons (Fsp3) is 0.143. The first-order chi connectivity index (χ1) is 9.29. The Morgan fingerprint density at radius 3 is 2.68 bits per heavy atom. The number of benzene rings is 1. The summed E-state index contributed by atoms with van der Waals surface area (Å²) in [6, 6.07) is 11.8. The van der Waals surface area contributed by atoms with Crippen LogP contribution in [0.15, 0.2) is 47.1 Å². The summed E-state index contributed by atoms with van der Waals surface area (Å²) in [5, 5.41) is 9.18. The number of aromatic nitrogens is 3. The molecule has 0 spiro atoms. The molecule has 0 aliphatic carbocycles. The molecular formula is C14H12BrN3O. The van der Waals surface area contributed by atoms with E-state index in [9.17, 15) is 5.11 Å². The van der Waals surface area contributed by atoms with Crippen molar-refractivity contribution in [2.45, 2.75) is 6.42 Å². The van der Waals surface area contributed by atoms with Crippen molar-refractivity contribution in [2.24, 2.45) is 0 Å². The molecule has 3 rings (SSSR count). The molecule has 1 aromatic carbocycles. The second kappa shape index (κ2) is 5.11. The molecule has 0 unspecified atom stereocenters. The average molecular weight is 318 g/mol. The smallest absolute Gasteiger partial charge is 0.164 e. The highest BCUT2D eigenvalue weighted by Gasteiger charge is 2.12.